The molecule has 0 saturated heterocycles. The van der Waals surface area contributed by atoms with E-state index in [0.29, 0.717) is 5.69 Å². The molecule has 3 aromatic rings. The number of anilines is 1. The number of nitrogens with zero attached hydrogens (tertiary/aromatic N) is 3. The maximum absolute atomic E-state index is 12.3. The van der Waals surface area contributed by atoms with Crippen LogP contribution in [0.25, 0.3) is 5.52 Å². The van der Waals surface area contributed by atoms with Crippen molar-refractivity contribution < 1.29 is 21.4 Å². The van der Waals surface area contributed by atoms with E-state index in [1.807, 2.05) is 0 Å². The molecule has 0 radical (unpaired) electrons. The van der Waals surface area contributed by atoms with Crippen LogP contribution < -0.4 is 9.44 Å². The Morgan fingerprint density at radius 1 is 1.19 bits per heavy atom. The lowest BCUT2D eigenvalue weighted by Crippen LogP contribution is -2.31. The lowest BCUT2D eigenvalue weighted by molar-refractivity contribution is 0.390. The van der Waals surface area contributed by atoms with E-state index < -0.39 is 25.8 Å². The van der Waals surface area contributed by atoms with Crippen LogP contribution >= 0.6 is 0 Å². The summed E-state index contributed by atoms with van der Waals surface area (Å²) >= 11 is 0. The summed E-state index contributed by atoms with van der Waals surface area (Å²) in [6.07, 6.45) is 3.21. The third-order valence-corrected chi connectivity index (χ3v) is 6.57. The molecule has 0 spiro atoms. The average Bonchev–Trinajstić information content (AvgIpc) is 3.12. The summed E-state index contributed by atoms with van der Waals surface area (Å²) in [5.74, 6) is -0.287. The number of hydrogen-bond acceptors (Lipinski definition) is 7. The molecule has 12 heteroatoms. The summed E-state index contributed by atoms with van der Waals surface area (Å²) in [6, 6.07) is 4.92. The number of aryl methyl sites for hydroxylation is 2. The van der Waals surface area contributed by atoms with E-state index in [1.165, 1.54) is 13.8 Å². The highest BCUT2D eigenvalue weighted by Gasteiger charge is 2.24. The highest BCUT2D eigenvalue weighted by atomic mass is 32.2. The van der Waals surface area contributed by atoms with Gasteiger partial charge in [0.25, 0.3) is 0 Å². The first-order chi connectivity index (χ1) is 12.2. The Morgan fingerprint density at radius 2 is 1.96 bits per heavy atom. The van der Waals surface area contributed by atoms with Gasteiger partial charge < -0.3 is 4.52 Å². The molecule has 0 saturated carbocycles. The van der Waals surface area contributed by atoms with Crippen molar-refractivity contribution in [2.75, 3.05) is 17.0 Å². The number of rotatable bonds is 7. The van der Waals surface area contributed by atoms with Crippen LogP contribution in [0.3, 0.4) is 0 Å². The van der Waals surface area contributed by atoms with Gasteiger partial charge in [-0.1, -0.05) is 5.16 Å². The van der Waals surface area contributed by atoms with Crippen molar-refractivity contribution in [1.82, 2.24) is 19.5 Å². The Kier molecular flexibility index (Phi) is 4.73. The third kappa shape index (κ3) is 3.86. The van der Waals surface area contributed by atoms with Crippen molar-refractivity contribution in [3.63, 3.8) is 0 Å². The molecule has 26 heavy (non-hydrogen) atoms. The highest BCUT2D eigenvalue weighted by Crippen LogP contribution is 2.18. The first-order valence-electron chi connectivity index (χ1n) is 7.54. The first-order valence-corrected chi connectivity index (χ1v) is 10.7. The molecule has 140 valence electrons. The monoisotopic (exact) mass is 399 g/mol. The van der Waals surface area contributed by atoms with Crippen molar-refractivity contribution in [1.29, 1.82) is 0 Å². The number of fused-ring (bicyclic) bond motifs is 1. The fourth-order valence-corrected chi connectivity index (χ4v) is 4.90. The Morgan fingerprint density at radius 3 is 2.65 bits per heavy atom. The summed E-state index contributed by atoms with van der Waals surface area (Å²) < 4.78 is 60.0. The summed E-state index contributed by atoms with van der Waals surface area (Å²) in [6.45, 7) is 2.67. The van der Waals surface area contributed by atoms with Gasteiger partial charge in [-0.05, 0) is 32.0 Å². The van der Waals surface area contributed by atoms with Crippen LogP contribution in [0.4, 0.5) is 5.69 Å². The fourth-order valence-electron chi connectivity index (χ4n) is 2.46. The maximum Gasteiger partial charge on any atom is 0.245 e. The lowest BCUT2D eigenvalue weighted by atomic mass is 10.4. The Balaban J connectivity index is 1.65. The molecule has 0 amide bonds. The summed E-state index contributed by atoms with van der Waals surface area (Å²) in [5, 5.41) is 7.61. The molecule has 0 aromatic carbocycles. The normalized spacial score (nSPS) is 12.5. The highest BCUT2D eigenvalue weighted by molar-refractivity contribution is 7.92. The molecule has 0 aliphatic heterocycles. The summed E-state index contributed by atoms with van der Waals surface area (Å²) in [7, 11) is -7.65. The molecule has 0 atom stereocenters. The standard InChI is InChI=1S/C14H17N5O5S2/c1-10-14(11(2)24-17-10)26(22,23)16-6-8-25(20,21)18-12-4-7-19-13(9-12)3-5-15-19/h3-5,7,9,16,18H,6,8H2,1-2H3. The summed E-state index contributed by atoms with van der Waals surface area (Å²) in [5.41, 5.74) is 1.31. The van der Waals surface area contributed by atoms with Gasteiger partial charge in [0, 0.05) is 18.9 Å². The molecule has 0 bridgehead atoms. The second kappa shape index (κ2) is 6.70. The van der Waals surface area contributed by atoms with E-state index in [2.05, 4.69) is 19.7 Å². The minimum Gasteiger partial charge on any atom is -0.360 e. The van der Waals surface area contributed by atoms with E-state index in [1.54, 1.807) is 35.1 Å². The minimum atomic E-state index is -3.90. The van der Waals surface area contributed by atoms with Crippen molar-refractivity contribution in [3.05, 3.63) is 42.0 Å². The van der Waals surface area contributed by atoms with Crippen LogP contribution in [-0.4, -0.2) is 43.9 Å². The second-order valence-corrected chi connectivity index (χ2v) is 9.13. The van der Waals surface area contributed by atoms with Crippen molar-refractivity contribution in [2.24, 2.45) is 0 Å². The van der Waals surface area contributed by atoms with Crippen LogP contribution in [0.2, 0.25) is 0 Å². The Bertz CT molecular complexity index is 1130. The van der Waals surface area contributed by atoms with Crippen molar-refractivity contribution in [3.8, 4) is 0 Å². The maximum atomic E-state index is 12.3. The zero-order valence-corrected chi connectivity index (χ0v) is 15.6. The van der Waals surface area contributed by atoms with E-state index in [4.69, 9.17) is 4.52 Å². The van der Waals surface area contributed by atoms with Gasteiger partial charge in [0.1, 0.15) is 10.6 Å². The molecule has 0 fully saturated rings. The van der Waals surface area contributed by atoms with E-state index in [9.17, 15) is 16.8 Å². The van der Waals surface area contributed by atoms with Crippen molar-refractivity contribution in [2.45, 2.75) is 18.7 Å². The van der Waals surface area contributed by atoms with Gasteiger partial charge in [-0.15, -0.1) is 0 Å². The smallest absolute Gasteiger partial charge is 0.245 e. The Hall–Kier alpha value is -2.44. The van der Waals surface area contributed by atoms with Crippen LogP contribution in [0.15, 0.2) is 40.0 Å². The molecule has 10 nitrogen and oxygen atoms in total. The Labute approximate surface area is 150 Å². The minimum absolute atomic E-state index is 0.0750. The van der Waals surface area contributed by atoms with Crippen LogP contribution in [-0.2, 0) is 20.0 Å². The van der Waals surface area contributed by atoms with Crippen LogP contribution in [0.1, 0.15) is 11.5 Å². The van der Waals surface area contributed by atoms with Gasteiger partial charge in [-0.2, -0.15) is 5.10 Å². The molecule has 0 unspecified atom stereocenters. The molecule has 0 aliphatic rings. The number of aromatic nitrogens is 3. The van der Waals surface area contributed by atoms with Gasteiger partial charge in [-0.25, -0.2) is 26.1 Å². The molecule has 0 aliphatic carbocycles. The lowest BCUT2D eigenvalue weighted by Gasteiger charge is -2.09. The third-order valence-electron chi connectivity index (χ3n) is 3.57. The topological polar surface area (TPSA) is 136 Å². The predicted octanol–water partition coefficient (Wildman–Crippen LogP) is 0.659. The van der Waals surface area contributed by atoms with E-state index in [-0.39, 0.29) is 22.9 Å². The number of hydrogen-bond donors (Lipinski definition) is 2. The molecule has 3 heterocycles. The zero-order chi connectivity index (χ0) is 18.9. The van der Waals surface area contributed by atoms with Crippen molar-refractivity contribution >= 4 is 31.3 Å². The van der Waals surface area contributed by atoms with E-state index in [0.717, 1.165) is 5.52 Å². The van der Waals surface area contributed by atoms with Gasteiger partial charge in [0.05, 0.1) is 17.0 Å². The zero-order valence-electron chi connectivity index (χ0n) is 14.0. The van der Waals surface area contributed by atoms with Gasteiger partial charge in [0.15, 0.2) is 5.76 Å². The predicted molar refractivity (Wildman–Crippen MR) is 93.8 cm³/mol. The molecule has 3 aromatic heterocycles. The largest absolute Gasteiger partial charge is 0.360 e. The quantitative estimate of drug-likeness (QED) is 0.595. The van der Waals surface area contributed by atoms with Crippen LogP contribution in [0, 0.1) is 13.8 Å². The summed E-state index contributed by atoms with van der Waals surface area (Å²) in [4.78, 5) is -0.0750. The number of sulfonamides is 2. The first kappa shape index (κ1) is 18.4. The molecule has 2 N–H and O–H groups in total. The second-order valence-electron chi connectivity index (χ2n) is 5.59. The molecular formula is C14H17N5O5S2. The van der Waals surface area contributed by atoms with E-state index >= 15 is 0 Å². The van der Waals surface area contributed by atoms with Crippen LogP contribution in [0.5, 0.6) is 0 Å². The van der Waals surface area contributed by atoms with Gasteiger partial charge in [-0.3, -0.25) is 4.72 Å². The van der Waals surface area contributed by atoms with Gasteiger partial charge >= 0.3 is 0 Å². The number of pyridine rings is 1. The average molecular weight is 399 g/mol. The molecular weight excluding hydrogens is 382 g/mol. The fraction of sp³-hybridized carbons (Fsp3) is 0.286. The molecule has 3 rings (SSSR count). The number of nitrogens with one attached hydrogen (secondary N) is 2. The SMILES string of the molecule is Cc1noc(C)c1S(=O)(=O)NCCS(=O)(=O)Nc1ccn2nccc2c1. The van der Waals surface area contributed by atoms with Gasteiger partial charge in [0.2, 0.25) is 20.0 Å².